The molecule has 0 aliphatic rings. The van der Waals surface area contributed by atoms with Crippen molar-refractivity contribution in [2.75, 3.05) is 17.3 Å². The number of carbonyl (C=O) groups excluding carboxylic acids is 1. The minimum Gasteiger partial charge on any atom is -0.478 e. The molecule has 0 bridgehead atoms. The SMILES string of the molecule is Cc1cc(NC(=O)CS(C)(=O)=O)cc(C(=O)O)c1C. The first kappa shape index (κ1) is 15.2. The molecule has 0 fully saturated rings. The maximum Gasteiger partial charge on any atom is 0.336 e. The Bertz CT molecular complexity index is 634. The highest BCUT2D eigenvalue weighted by Crippen LogP contribution is 2.20. The molecule has 1 rings (SSSR count). The van der Waals surface area contributed by atoms with Gasteiger partial charge in [-0.15, -0.1) is 0 Å². The number of benzene rings is 1. The van der Waals surface area contributed by atoms with Crippen LogP contribution in [0.5, 0.6) is 0 Å². The van der Waals surface area contributed by atoms with Gasteiger partial charge < -0.3 is 10.4 Å². The standard InChI is InChI=1S/C12H15NO5S/c1-7-4-9(5-10(8(7)2)12(15)16)13-11(14)6-19(3,17)18/h4-5H,6H2,1-3H3,(H,13,14)(H,15,16). The lowest BCUT2D eigenvalue weighted by molar-refractivity contribution is -0.113. The van der Waals surface area contributed by atoms with Gasteiger partial charge in [0, 0.05) is 11.9 Å². The summed E-state index contributed by atoms with van der Waals surface area (Å²) in [6, 6.07) is 2.91. The Balaban J connectivity index is 3.03. The Hall–Kier alpha value is -1.89. The van der Waals surface area contributed by atoms with E-state index < -0.39 is 27.5 Å². The first-order chi connectivity index (χ1) is 8.60. The van der Waals surface area contributed by atoms with E-state index in [0.29, 0.717) is 11.1 Å². The average Bonchev–Trinajstić information content (AvgIpc) is 2.19. The predicted molar refractivity (Wildman–Crippen MR) is 71.2 cm³/mol. The van der Waals surface area contributed by atoms with Crippen LogP contribution in [-0.2, 0) is 14.6 Å². The van der Waals surface area contributed by atoms with Crippen molar-refractivity contribution in [1.29, 1.82) is 0 Å². The van der Waals surface area contributed by atoms with E-state index in [9.17, 15) is 18.0 Å². The van der Waals surface area contributed by atoms with Gasteiger partial charge >= 0.3 is 5.97 Å². The van der Waals surface area contributed by atoms with Gasteiger partial charge in [0.05, 0.1) is 5.56 Å². The van der Waals surface area contributed by atoms with Gasteiger partial charge in [0.2, 0.25) is 5.91 Å². The van der Waals surface area contributed by atoms with Crippen LogP contribution < -0.4 is 5.32 Å². The fourth-order valence-corrected chi connectivity index (χ4v) is 2.14. The van der Waals surface area contributed by atoms with Crippen LogP contribution in [0.15, 0.2) is 12.1 Å². The summed E-state index contributed by atoms with van der Waals surface area (Å²) in [5.41, 5.74) is 1.66. The third kappa shape index (κ3) is 4.36. The van der Waals surface area contributed by atoms with Crippen molar-refractivity contribution >= 4 is 27.4 Å². The van der Waals surface area contributed by atoms with Crippen LogP contribution in [0.4, 0.5) is 5.69 Å². The smallest absolute Gasteiger partial charge is 0.336 e. The van der Waals surface area contributed by atoms with Gasteiger partial charge in [-0.05, 0) is 37.1 Å². The van der Waals surface area contributed by atoms with Crippen LogP contribution in [0.25, 0.3) is 0 Å². The van der Waals surface area contributed by atoms with Crippen molar-refractivity contribution in [1.82, 2.24) is 0 Å². The minimum atomic E-state index is -3.42. The van der Waals surface area contributed by atoms with Crippen molar-refractivity contribution in [3.8, 4) is 0 Å². The minimum absolute atomic E-state index is 0.0784. The lowest BCUT2D eigenvalue weighted by Crippen LogP contribution is -2.22. The number of anilines is 1. The molecule has 0 heterocycles. The molecule has 0 atom stereocenters. The molecule has 7 heteroatoms. The Morgan fingerprint density at radius 3 is 2.32 bits per heavy atom. The first-order valence-corrected chi connectivity index (χ1v) is 7.48. The maximum atomic E-state index is 11.5. The normalized spacial score (nSPS) is 11.1. The third-order valence-corrected chi connectivity index (χ3v) is 3.36. The number of aromatic carboxylic acids is 1. The molecule has 0 aliphatic carbocycles. The summed E-state index contributed by atoms with van der Waals surface area (Å²) in [6.45, 7) is 3.38. The zero-order valence-corrected chi connectivity index (χ0v) is 11.7. The second-order valence-corrected chi connectivity index (χ2v) is 6.53. The third-order valence-electron chi connectivity index (χ3n) is 2.57. The molecule has 1 aromatic carbocycles. The predicted octanol–water partition coefficient (Wildman–Crippen LogP) is 0.985. The molecule has 0 radical (unpaired) electrons. The van der Waals surface area contributed by atoms with Gasteiger partial charge in [-0.3, -0.25) is 4.79 Å². The molecule has 2 N–H and O–H groups in total. The van der Waals surface area contributed by atoms with Gasteiger partial charge in [0.25, 0.3) is 0 Å². The molecule has 0 spiro atoms. The van der Waals surface area contributed by atoms with E-state index in [1.807, 2.05) is 0 Å². The van der Waals surface area contributed by atoms with Crippen LogP contribution in [0.2, 0.25) is 0 Å². The highest BCUT2D eigenvalue weighted by molar-refractivity contribution is 7.91. The van der Waals surface area contributed by atoms with Crippen LogP contribution in [-0.4, -0.2) is 37.4 Å². The molecule has 0 aromatic heterocycles. The van der Waals surface area contributed by atoms with E-state index in [1.54, 1.807) is 19.9 Å². The molecule has 1 amide bonds. The van der Waals surface area contributed by atoms with E-state index in [0.717, 1.165) is 6.26 Å². The lowest BCUT2D eigenvalue weighted by Gasteiger charge is -2.10. The summed E-state index contributed by atoms with van der Waals surface area (Å²) >= 11 is 0. The summed E-state index contributed by atoms with van der Waals surface area (Å²) in [4.78, 5) is 22.5. The monoisotopic (exact) mass is 285 g/mol. The summed E-state index contributed by atoms with van der Waals surface area (Å²) < 4.78 is 21.9. The van der Waals surface area contributed by atoms with Crippen molar-refractivity contribution in [3.63, 3.8) is 0 Å². The molecule has 0 unspecified atom stereocenters. The molecule has 104 valence electrons. The molecule has 19 heavy (non-hydrogen) atoms. The first-order valence-electron chi connectivity index (χ1n) is 5.42. The topological polar surface area (TPSA) is 101 Å². The molecular formula is C12H15NO5S. The largest absolute Gasteiger partial charge is 0.478 e. The number of hydrogen-bond acceptors (Lipinski definition) is 4. The molecular weight excluding hydrogens is 270 g/mol. The summed E-state index contributed by atoms with van der Waals surface area (Å²) in [7, 11) is -3.42. The molecule has 1 aromatic rings. The number of aryl methyl sites for hydroxylation is 1. The van der Waals surface area contributed by atoms with Crippen LogP contribution in [0.3, 0.4) is 0 Å². The van der Waals surface area contributed by atoms with Crippen LogP contribution in [0.1, 0.15) is 21.5 Å². The molecule has 0 saturated heterocycles. The number of carbonyl (C=O) groups is 2. The van der Waals surface area contributed by atoms with Gasteiger partial charge in [-0.1, -0.05) is 0 Å². The van der Waals surface area contributed by atoms with Crippen LogP contribution >= 0.6 is 0 Å². The van der Waals surface area contributed by atoms with Gasteiger partial charge in [0.1, 0.15) is 5.75 Å². The van der Waals surface area contributed by atoms with E-state index in [1.165, 1.54) is 6.07 Å². The maximum absolute atomic E-state index is 11.5. The second kappa shape index (κ2) is 5.40. The summed E-state index contributed by atoms with van der Waals surface area (Å²) in [6.07, 6.45) is 0.954. The molecule has 0 aliphatic heterocycles. The number of carboxylic acids is 1. The average molecular weight is 285 g/mol. The van der Waals surface area contributed by atoms with E-state index in [4.69, 9.17) is 5.11 Å². The second-order valence-electron chi connectivity index (χ2n) is 4.39. The Labute approximate surface area is 111 Å². The highest BCUT2D eigenvalue weighted by Gasteiger charge is 2.14. The highest BCUT2D eigenvalue weighted by atomic mass is 32.2. The Morgan fingerprint density at radius 1 is 1.26 bits per heavy atom. The van der Waals surface area contributed by atoms with Crippen molar-refractivity contribution < 1.29 is 23.1 Å². The number of amides is 1. The summed E-state index contributed by atoms with van der Waals surface area (Å²) in [5, 5.41) is 11.4. The van der Waals surface area contributed by atoms with E-state index in [2.05, 4.69) is 5.32 Å². The zero-order valence-electron chi connectivity index (χ0n) is 10.9. The summed E-state index contributed by atoms with van der Waals surface area (Å²) in [5.74, 6) is -2.43. The Kier molecular flexibility index (Phi) is 4.31. The van der Waals surface area contributed by atoms with E-state index in [-0.39, 0.29) is 11.3 Å². The van der Waals surface area contributed by atoms with Gasteiger partial charge in [-0.2, -0.15) is 0 Å². The van der Waals surface area contributed by atoms with Crippen molar-refractivity contribution in [2.45, 2.75) is 13.8 Å². The molecule has 6 nitrogen and oxygen atoms in total. The fourth-order valence-electron chi connectivity index (χ4n) is 1.59. The Morgan fingerprint density at radius 2 is 1.84 bits per heavy atom. The number of nitrogens with one attached hydrogen (secondary N) is 1. The zero-order chi connectivity index (χ0) is 14.8. The van der Waals surface area contributed by atoms with Crippen molar-refractivity contribution in [3.05, 3.63) is 28.8 Å². The van der Waals surface area contributed by atoms with Crippen molar-refractivity contribution in [2.24, 2.45) is 0 Å². The van der Waals surface area contributed by atoms with E-state index >= 15 is 0 Å². The number of carboxylic acid groups (broad SMARTS) is 1. The van der Waals surface area contributed by atoms with Crippen LogP contribution in [0, 0.1) is 13.8 Å². The number of hydrogen-bond donors (Lipinski definition) is 2. The number of rotatable bonds is 4. The quantitative estimate of drug-likeness (QED) is 0.859. The molecule has 0 saturated carbocycles. The fraction of sp³-hybridized carbons (Fsp3) is 0.333. The lowest BCUT2D eigenvalue weighted by atomic mass is 10.0. The number of sulfone groups is 1. The van der Waals surface area contributed by atoms with Gasteiger partial charge in [0.15, 0.2) is 9.84 Å². The van der Waals surface area contributed by atoms with Gasteiger partial charge in [-0.25, -0.2) is 13.2 Å².